The lowest BCUT2D eigenvalue weighted by Gasteiger charge is -2.08. The quantitative estimate of drug-likeness (QED) is 0.839. The zero-order chi connectivity index (χ0) is 13.8. The second-order valence-corrected chi connectivity index (χ2v) is 4.91. The average Bonchev–Trinajstić information content (AvgIpc) is 2.86. The molecular weight excluding hydrogens is 332 g/mol. The Bertz CT molecular complexity index is 635. The molecule has 19 heavy (non-hydrogen) atoms. The summed E-state index contributed by atoms with van der Waals surface area (Å²) in [6, 6.07) is 5.72. The monoisotopic (exact) mass is 338 g/mol. The van der Waals surface area contributed by atoms with Crippen molar-refractivity contribution in [3.8, 4) is 6.07 Å². The van der Waals surface area contributed by atoms with E-state index in [2.05, 4.69) is 41.9 Å². The lowest BCUT2D eigenvalue weighted by Crippen LogP contribution is -1.95. The predicted octanol–water partition coefficient (Wildman–Crippen LogP) is 2.90. The number of aromatic amines is 1. The maximum Gasteiger partial charge on any atom is 0.216 e. The molecule has 0 bridgehead atoms. The number of hydrogen-bond acceptors (Lipinski definition) is 5. The van der Waals surface area contributed by atoms with Crippen LogP contribution in [0.15, 0.2) is 22.8 Å². The number of rotatable bonds is 3. The first kappa shape index (κ1) is 13.5. The van der Waals surface area contributed by atoms with Crippen LogP contribution in [-0.2, 0) is 0 Å². The number of allylic oxidation sites excluding steroid dienone is 1. The van der Waals surface area contributed by atoms with Gasteiger partial charge in [-0.25, -0.2) is 0 Å². The van der Waals surface area contributed by atoms with E-state index >= 15 is 0 Å². The number of aromatic nitrogens is 4. The minimum atomic E-state index is 0.217. The van der Waals surface area contributed by atoms with Gasteiger partial charge < -0.3 is 5.32 Å². The van der Waals surface area contributed by atoms with Gasteiger partial charge in [0.15, 0.2) is 0 Å². The molecule has 96 valence electrons. The fraction of sp³-hybridized carbons (Fsp3) is 0.0909. The van der Waals surface area contributed by atoms with E-state index in [0.29, 0.717) is 10.7 Å². The van der Waals surface area contributed by atoms with Gasteiger partial charge in [-0.1, -0.05) is 11.6 Å². The van der Waals surface area contributed by atoms with E-state index in [1.54, 1.807) is 0 Å². The van der Waals surface area contributed by atoms with Crippen molar-refractivity contribution in [3.05, 3.63) is 39.2 Å². The molecule has 2 aromatic rings. The van der Waals surface area contributed by atoms with Crippen molar-refractivity contribution >= 4 is 38.8 Å². The largest absolute Gasteiger partial charge is 0.358 e. The normalized spacial score (nSPS) is 11.2. The van der Waals surface area contributed by atoms with Gasteiger partial charge in [-0.3, -0.25) is 0 Å². The van der Waals surface area contributed by atoms with Crippen LogP contribution >= 0.6 is 27.5 Å². The van der Waals surface area contributed by atoms with Gasteiger partial charge >= 0.3 is 0 Å². The molecule has 0 aliphatic heterocycles. The number of nitriles is 1. The third-order valence-electron chi connectivity index (χ3n) is 2.25. The highest BCUT2D eigenvalue weighted by Crippen LogP contribution is 2.32. The SMILES string of the molecule is Cc1cc(Cl)c(NC=C(C#N)c2nn[nH]n2)c(Br)c1. The molecule has 0 saturated carbocycles. The van der Waals surface area contributed by atoms with Crippen LogP contribution in [0.1, 0.15) is 11.4 Å². The summed E-state index contributed by atoms with van der Waals surface area (Å²) in [7, 11) is 0. The maximum absolute atomic E-state index is 9.03. The first-order chi connectivity index (χ1) is 9.11. The Kier molecular flexibility index (Phi) is 4.14. The van der Waals surface area contributed by atoms with E-state index in [0.717, 1.165) is 10.0 Å². The first-order valence-corrected chi connectivity index (χ1v) is 6.35. The van der Waals surface area contributed by atoms with E-state index in [4.69, 9.17) is 16.9 Å². The molecule has 1 heterocycles. The summed E-state index contributed by atoms with van der Waals surface area (Å²) in [5, 5.41) is 25.7. The Hall–Kier alpha value is -1.91. The second kappa shape index (κ2) is 5.82. The van der Waals surface area contributed by atoms with Gasteiger partial charge in [0.2, 0.25) is 5.82 Å². The van der Waals surface area contributed by atoms with Crippen LogP contribution in [0.3, 0.4) is 0 Å². The van der Waals surface area contributed by atoms with Crippen molar-refractivity contribution in [2.75, 3.05) is 5.32 Å². The van der Waals surface area contributed by atoms with Crippen LogP contribution in [0.5, 0.6) is 0 Å². The van der Waals surface area contributed by atoms with E-state index in [-0.39, 0.29) is 11.4 Å². The van der Waals surface area contributed by atoms with Crippen molar-refractivity contribution in [1.82, 2.24) is 20.6 Å². The summed E-state index contributed by atoms with van der Waals surface area (Å²) in [4.78, 5) is 0. The molecule has 0 aliphatic rings. The summed E-state index contributed by atoms with van der Waals surface area (Å²) in [6.07, 6.45) is 1.48. The lowest BCUT2D eigenvalue weighted by molar-refractivity contribution is 0.881. The average molecular weight is 340 g/mol. The van der Waals surface area contributed by atoms with Gasteiger partial charge in [0.1, 0.15) is 11.6 Å². The van der Waals surface area contributed by atoms with Crippen molar-refractivity contribution in [2.45, 2.75) is 6.92 Å². The Morgan fingerprint density at radius 2 is 2.37 bits per heavy atom. The highest BCUT2D eigenvalue weighted by molar-refractivity contribution is 9.10. The van der Waals surface area contributed by atoms with Gasteiger partial charge in [-0.2, -0.15) is 10.5 Å². The van der Waals surface area contributed by atoms with Crippen molar-refractivity contribution < 1.29 is 0 Å². The molecular formula is C11H8BrClN6. The van der Waals surface area contributed by atoms with Gasteiger partial charge in [0.25, 0.3) is 0 Å². The van der Waals surface area contributed by atoms with E-state index in [9.17, 15) is 0 Å². The molecule has 0 fully saturated rings. The van der Waals surface area contributed by atoms with Crippen LogP contribution in [0.2, 0.25) is 5.02 Å². The van der Waals surface area contributed by atoms with Gasteiger partial charge in [0.05, 0.1) is 10.7 Å². The molecule has 2 N–H and O–H groups in total. The summed E-state index contributed by atoms with van der Waals surface area (Å²) in [5.41, 5.74) is 1.95. The minimum Gasteiger partial charge on any atom is -0.358 e. The smallest absolute Gasteiger partial charge is 0.216 e. The summed E-state index contributed by atoms with van der Waals surface area (Å²) < 4.78 is 0.805. The fourth-order valence-electron chi connectivity index (χ4n) is 1.40. The number of H-pyrrole nitrogens is 1. The molecule has 0 unspecified atom stereocenters. The number of nitrogens with zero attached hydrogens (tertiary/aromatic N) is 4. The molecule has 6 nitrogen and oxygen atoms in total. The molecule has 0 atom stereocenters. The predicted molar refractivity (Wildman–Crippen MR) is 75.3 cm³/mol. The standard InChI is InChI=1S/C11H8BrClN6/c1-6-2-8(12)10(9(13)3-6)15-5-7(4-14)11-16-18-19-17-11/h2-3,5,15H,1H3,(H,16,17,18,19). The third kappa shape index (κ3) is 3.10. The molecule has 0 spiro atoms. The molecule has 1 aromatic heterocycles. The summed E-state index contributed by atoms with van der Waals surface area (Å²) in [5.74, 6) is 0.217. The van der Waals surface area contributed by atoms with E-state index in [1.807, 2.05) is 25.1 Å². The van der Waals surface area contributed by atoms with Gasteiger partial charge in [0, 0.05) is 10.7 Å². The molecule has 0 radical (unpaired) electrons. The molecule has 8 heteroatoms. The number of halogens is 2. The highest BCUT2D eigenvalue weighted by Gasteiger charge is 2.08. The van der Waals surface area contributed by atoms with Crippen LogP contribution < -0.4 is 5.32 Å². The van der Waals surface area contributed by atoms with Crippen molar-refractivity contribution in [2.24, 2.45) is 0 Å². The summed E-state index contributed by atoms with van der Waals surface area (Å²) in [6.45, 7) is 1.94. The van der Waals surface area contributed by atoms with Crippen LogP contribution in [0, 0.1) is 18.3 Å². The molecule has 0 aliphatic carbocycles. The number of anilines is 1. The number of tetrazole rings is 1. The summed E-state index contributed by atoms with van der Waals surface area (Å²) >= 11 is 9.54. The molecule has 2 rings (SSSR count). The Labute approximate surface area is 122 Å². The number of benzene rings is 1. The zero-order valence-corrected chi connectivity index (χ0v) is 12.1. The van der Waals surface area contributed by atoms with Crippen molar-refractivity contribution in [3.63, 3.8) is 0 Å². The molecule has 0 amide bonds. The fourth-order valence-corrected chi connectivity index (χ4v) is 2.54. The molecule has 0 saturated heterocycles. The van der Waals surface area contributed by atoms with Crippen LogP contribution in [0.4, 0.5) is 5.69 Å². The maximum atomic E-state index is 9.03. The first-order valence-electron chi connectivity index (χ1n) is 5.18. The number of nitrogens with one attached hydrogen (secondary N) is 2. The Morgan fingerprint density at radius 1 is 1.58 bits per heavy atom. The minimum absolute atomic E-state index is 0.217. The van der Waals surface area contributed by atoms with Gasteiger partial charge in [-0.05, 0) is 45.8 Å². The van der Waals surface area contributed by atoms with Gasteiger partial charge in [-0.15, -0.1) is 10.2 Å². The Morgan fingerprint density at radius 3 is 2.95 bits per heavy atom. The number of hydrogen-bond donors (Lipinski definition) is 2. The van der Waals surface area contributed by atoms with Crippen LogP contribution in [-0.4, -0.2) is 20.6 Å². The molecule has 1 aromatic carbocycles. The zero-order valence-electron chi connectivity index (χ0n) is 9.78. The topological polar surface area (TPSA) is 90.3 Å². The lowest BCUT2D eigenvalue weighted by atomic mass is 10.2. The van der Waals surface area contributed by atoms with E-state index < -0.39 is 0 Å². The highest BCUT2D eigenvalue weighted by atomic mass is 79.9. The number of aryl methyl sites for hydroxylation is 1. The van der Waals surface area contributed by atoms with Crippen molar-refractivity contribution in [1.29, 1.82) is 5.26 Å². The van der Waals surface area contributed by atoms with E-state index in [1.165, 1.54) is 6.20 Å². The third-order valence-corrected chi connectivity index (χ3v) is 3.18. The Balaban J connectivity index is 2.30. The van der Waals surface area contributed by atoms with Crippen LogP contribution in [0.25, 0.3) is 5.57 Å². The second-order valence-electron chi connectivity index (χ2n) is 3.65.